The molecule has 0 saturated heterocycles. The summed E-state index contributed by atoms with van der Waals surface area (Å²) in [6, 6.07) is 11.7. The maximum atomic E-state index is 13.0. The van der Waals surface area contributed by atoms with E-state index in [-0.39, 0.29) is 22.3 Å². The molecule has 0 aliphatic carbocycles. The van der Waals surface area contributed by atoms with E-state index < -0.39 is 10.0 Å². The quantitative estimate of drug-likeness (QED) is 0.715. The third kappa shape index (κ3) is 6.05. The van der Waals surface area contributed by atoms with Gasteiger partial charge in [-0.25, -0.2) is 8.42 Å². The van der Waals surface area contributed by atoms with E-state index in [0.29, 0.717) is 23.4 Å². The average molecular weight is 419 g/mol. The van der Waals surface area contributed by atoms with E-state index in [1.165, 1.54) is 6.07 Å². The zero-order valence-corrected chi connectivity index (χ0v) is 18.7. The second kappa shape index (κ2) is 8.97. The van der Waals surface area contributed by atoms with Crippen molar-refractivity contribution in [1.29, 1.82) is 0 Å². The van der Waals surface area contributed by atoms with Crippen LogP contribution in [0.5, 0.6) is 0 Å². The molecule has 1 unspecified atom stereocenters. The maximum absolute atomic E-state index is 13.0. The normalized spacial score (nSPS) is 13.0. The number of methoxy groups -OCH3 is 1. The minimum absolute atomic E-state index is 0.157. The minimum atomic E-state index is -3.80. The van der Waals surface area contributed by atoms with Crippen molar-refractivity contribution in [3.05, 3.63) is 59.2 Å². The first kappa shape index (κ1) is 22.9. The second-order valence-electron chi connectivity index (χ2n) is 8.25. The SMILES string of the molecule is COCC(C)NC(=O)c1cccc(NS(=O)(=O)c2cc(C(C)(C)C)ccc2C)c1. The zero-order chi connectivity index (χ0) is 21.8. The third-order valence-electron chi connectivity index (χ3n) is 4.51. The van der Waals surface area contributed by atoms with Gasteiger partial charge in [0, 0.05) is 24.4 Å². The lowest BCUT2D eigenvalue weighted by Gasteiger charge is -2.21. The van der Waals surface area contributed by atoms with Crippen molar-refractivity contribution >= 4 is 21.6 Å². The van der Waals surface area contributed by atoms with Gasteiger partial charge in [0.15, 0.2) is 0 Å². The topological polar surface area (TPSA) is 84.5 Å². The highest BCUT2D eigenvalue weighted by molar-refractivity contribution is 7.92. The standard InChI is InChI=1S/C22H30N2O4S/c1-15-10-11-18(22(3,4)5)13-20(15)29(26,27)24-19-9-7-8-17(12-19)21(25)23-16(2)14-28-6/h7-13,16,24H,14H2,1-6H3,(H,23,25). The smallest absolute Gasteiger partial charge is 0.262 e. The van der Waals surface area contributed by atoms with Crippen LogP contribution in [-0.4, -0.2) is 34.1 Å². The van der Waals surface area contributed by atoms with Crippen LogP contribution in [0.4, 0.5) is 5.69 Å². The summed E-state index contributed by atoms with van der Waals surface area (Å²) >= 11 is 0. The number of carbonyl (C=O) groups is 1. The van der Waals surface area contributed by atoms with Gasteiger partial charge in [-0.1, -0.05) is 39.0 Å². The van der Waals surface area contributed by atoms with Crippen LogP contribution in [0.3, 0.4) is 0 Å². The molecule has 0 fully saturated rings. The number of benzene rings is 2. The lowest BCUT2D eigenvalue weighted by atomic mass is 9.87. The summed E-state index contributed by atoms with van der Waals surface area (Å²) in [6.07, 6.45) is 0. The van der Waals surface area contributed by atoms with Gasteiger partial charge >= 0.3 is 0 Å². The molecule has 2 aromatic carbocycles. The van der Waals surface area contributed by atoms with Gasteiger partial charge in [-0.3, -0.25) is 9.52 Å². The number of aryl methyl sites for hydroxylation is 1. The Labute approximate surface area is 173 Å². The first-order valence-electron chi connectivity index (χ1n) is 9.48. The van der Waals surface area contributed by atoms with E-state index >= 15 is 0 Å². The Morgan fingerprint density at radius 2 is 1.83 bits per heavy atom. The van der Waals surface area contributed by atoms with Crippen LogP contribution in [0.15, 0.2) is 47.4 Å². The van der Waals surface area contributed by atoms with Gasteiger partial charge in [-0.2, -0.15) is 0 Å². The van der Waals surface area contributed by atoms with Crippen LogP contribution < -0.4 is 10.0 Å². The third-order valence-corrected chi connectivity index (χ3v) is 6.04. The molecular formula is C22H30N2O4S. The molecule has 0 aliphatic rings. The molecule has 2 N–H and O–H groups in total. The lowest BCUT2D eigenvalue weighted by molar-refractivity contribution is 0.0905. The molecule has 0 spiro atoms. The van der Waals surface area contributed by atoms with E-state index in [1.807, 2.05) is 39.8 Å². The molecule has 1 amide bonds. The number of hydrogen-bond donors (Lipinski definition) is 2. The molecular weight excluding hydrogens is 388 g/mol. The fourth-order valence-electron chi connectivity index (χ4n) is 2.89. The highest BCUT2D eigenvalue weighted by atomic mass is 32.2. The molecule has 6 nitrogen and oxygen atoms in total. The summed E-state index contributed by atoms with van der Waals surface area (Å²) in [6.45, 7) is 10.1. The van der Waals surface area contributed by atoms with Gasteiger partial charge in [0.05, 0.1) is 11.5 Å². The van der Waals surface area contributed by atoms with E-state index in [1.54, 1.807) is 38.3 Å². The average Bonchev–Trinajstić information content (AvgIpc) is 2.60. The van der Waals surface area contributed by atoms with Crippen molar-refractivity contribution < 1.29 is 17.9 Å². The molecule has 0 saturated carbocycles. The fraction of sp³-hybridized carbons (Fsp3) is 0.409. The summed E-state index contributed by atoms with van der Waals surface area (Å²) < 4.78 is 33.6. The number of hydrogen-bond acceptors (Lipinski definition) is 4. The van der Waals surface area contributed by atoms with Crippen molar-refractivity contribution in [2.24, 2.45) is 0 Å². The van der Waals surface area contributed by atoms with Crippen molar-refractivity contribution in [3.63, 3.8) is 0 Å². The van der Waals surface area contributed by atoms with Gasteiger partial charge in [-0.15, -0.1) is 0 Å². The molecule has 29 heavy (non-hydrogen) atoms. The predicted molar refractivity (Wildman–Crippen MR) is 116 cm³/mol. The Hall–Kier alpha value is -2.38. The van der Waals surface area contributed by atoms with Crippen LogP contribution in [-0.2, 0) is 20.2 Å². The molecule has 0 heterocycles. The molecule has 158 valence electrons. The Morgan fingerprint density at radius 1 is 1.14 bits per heavy atom. The number of carbonyl (C=O) groups excluding carboxylic acids is 1. The van der Waals surface area contributed by atoms with E-state index in [9.17, 15) is 13.2 Å². The summed E-state index contributed by atoms with van der Waals surface area (Å²) in [4.78, 5) is 12.6. The van der Waals surface area contributed by atoms with Crippen LogP contribution >= 0.6 is 0 Å². The van der Waals surface area contributed by atoms with Gasteiger partial charge < -0.3 is 10.1 Å². The minimum Gasteiger partial charge on any atom is -0.383 e. The molecule has 0 aromatic heterocycles. The summed E-state index contributed by atoms with van der Waals surface area (Å²) in [7, 11) is -2.24. The maximum Gasteiger partial charge on any atom is 0.262 e. The predicted octanol–water partition coefficient (Wildman–Crippen LogP) is 3.86. The van der Waals surface area contributed by atoms with Crippen LogP contribution in [0, 0.1) is 6.92 Å². The number of rotatable bonds is 7. The summed E-state index contributed by atoms with van der Waals surface area (Å²) in [5, 5.41) is 2.81. The first-order chi connectivity index (χ1) is 13.4. The molecule has 2 aromatic rings. The van der Waals surface area contributed by atoms with Crippen LogP contribution in [0.2, 0.25) is 0 Å². The van der Waals surface area contributed by atoms with E-state index in [2.05, 4.69) is 10.0 Å². The number of sulfonamides is 1. The Balaban J connectivity index is 2.29. The second-order valence-corrected chi connectivity index (χ2v) is 9.90. The number of ether oxygens (including phenoxy) is 1. The summed E-state index contributed by atoms with van der Waals surface area (Å²) in [5.41, 5.74) is 2.12. The number of anilines is 1. The van der Waals surface area contributed by atoms with E-state index in [0.717, 1.165) is 5.56 Å². The Morgan fingerprint density at radius 3 is 2.45 bits per heavy atom. The molecule has 1 atom stereocenters. The highest BCUT2D eigenvalue weighted by Gasteiger charge is 2.22. The Kier molecular flexibility index (Phi) is 7.08. The summed E-state index contributed by atoms with van der Waals surface area (Å²) in [5.74, 6) is -0.290. The molecule has 2 rings (SSSR count). The number of amides is 1. The van der Waals surface area contributed by atoms with Crippen molar-refractivity contribution in [1.82, 2.24) is 5.32 Å². The van der Waals surface area contributed by atoms with Gasteiger partial charge in [0.25, 0.3) is 15.9 Å². The molecule has 0 aliphatic heterocycles. The van der Waals surface area contributed by atoms with Crippen molar-refractivity contribution in [2.45, 2.75) is 51.0 Å². The van der Waals surface area contributed by atoms with Gasteiger partial charge in [-0.05, 0) is 54.7 Å². The monoisotopic (exact) mass is 418 g/mol. The van der Waals surface area contributed by atoms with Crippen molar-refractivity contribution in [2.75, 3.05) is 18.4 Å². The van der Waals surface area contributed by atoms with Gasteiger partial charge in [0.2, 0.25) is 0 Å². The zero-order valence-electron chi connectivity index (χ0n) is 17.9. The number of nitrogens with one attached hydrogen (secondary N) is 2. The van der Waals surface area contributed by atoms with Crippen LogP contribution in [0.1, 0.15) is 49.2 Å². The van der Waals surface area contributed by atoms with Crippen molar-refractivity contribution in [3.8, 4) is 0 Å². The molecule has 7 heteroatoms. The Bertz CT molecular complexity index is 979. The lowest BCUT2D eigenvalue weighted by Crippen LogP contribution is -2.35. The fourth-order valence-corrected chi connectivity index (χ4v) is 4.21. The van der Waals surface area contributed by atoms with Crippen LogP contribution in [0.25, 0.3) is 0 Å². The van der Waals surface area contributed by atoms with Gasteiger partial charge in [0.1, 0.15) is 0 Å². The van der Waals surface area contributed by atoms with E-state index in [4.69, 9.17) is 4.74 Å². The highest BCUT2D eigenvalue weighted by Crippen LogP contribution is 2.28. The molecule has 0 radical (unpaired) electrons. The first-order valence-corrected chi connectivity index (χ1v) is 11.0. The largest absolute Gasteiger partial charge is 0.383 e. The molecule has 0 bridgehead atoms.